The van der Waals surface area contributed by atoms with Gasteiger partial charge in [0.1, 0.15) is 0 Å². The minimum atomic E-state index is 0. The minimum absolute atomic E-state index is 0. The van der Waals surface area contributed by atoms with Gasteiger partial charge in [0, 0.05) is 0 Å². The zero-order chi connectivity index (χ0) is 8.65. The molecular weight excluding hydrogens is 239 g/mol. The van der Waals surface area contributed by atoms with Gasteiger partial charge in [0.05, 0.1) is 0 Å². The van der Waals surface area contributed by atoms with E-state index >= 15 is 0 Å². The Morgan fingerprint density at radius 3 is 1.85 bits per heavy atom. The smallest absolute Gasteiger partial charge is 1.00 e. The van der Waals surface area contributed by atoms with E-state index < -0.39 is 0 Å². The number of rotatable bonds is 0. The maximum absolute atomic E-state index is 2.37. The van der Waals surface area contributed by atoms with Crippen LogP contribution in [0.5, 0.6) is 0 Å². The zero-order valence-electron chi connectivity index (χ0n) is 8.49. The topological polar surface area (TPSA) is 0 Å². The quantitative estimate of drug-likeness (QED) is 0.405. The third-order valence-corrected chi connectivity index (χ3v) is 3.03. The summed E-state index contributed by atoms with van der Waals surface area (Å²) in [5.41, 5.74) is 1.81. The Labute approximate surface area is 105 Å². The summed E-state index contributed by atoms with van der Waals surface area (Å²) in [4.78, 5) is 0. The van der Waals surface area contributed by atoms with E-state index in [2.05, 4.69) is 60.3 Å². The molecule has 1 rings (SSSR count). The first kappa shape index (κ1) is 16.2. The minimum Gasteiger partial charge on any atom is -1.00 e. The predicted molar refractivity (Wildman–Crippen MR) is 44.8 cm³/mol. The van der Waals surface area contributed by atoms with Crippen LogP contribution < -0.4 is 24.8 Å². The molecule has 1 atom stereocenters. The largest absolute Gasteiger partial charge is 1.00 e. The molecule has 1 aliphatic carbocycles. The molecule has 0 fully saturated rings. The third-order valence-electron chi connectivity index (χ3n) is 2.10. The van der Waals surface area contributed by atoms with Gasteiger partial charge in [-0.05, 0) is 0 Å². The third kappa shape index (κ3) is 4.21. The van der Waals surface area contributed by atoms with Crippen LogP contribution in [0.3, 0.4) is 0 Å². The van der Waals surface area contributed by atoms with Gasteiger partial charge in [-0.25, -0.2) is 0 Å². The van der Waals surface area contributed by atoms with Crippen LogP contribution in [0.2, 0.25) is 0 Å². The van der Waals surface area contributed by atoms with Crippen LogP contribution in [0.25, 0.3) is 0 Å². The number of allylic oxidation sites excluding steroid dienone is 4. The standard InChI is InChI=1S/C10H15.2ClH.Ti/c1-8-5-6-9(7-8)10(2,3)4;;;/h6-8H,1-4H3;2*1H;/q;;;+2/p-2. The molecular formula is C10H15Cl2Ti. The van der Waals surface area contributed by atoms with Gasteiger partial charge >= 0.3 is 81.1 Å². The summed E-state index contributed by atoms with van der Waals surface area (Å²) in [5.74, 6) is 0.657. The van der Waals surface area contributed by atoms with E-state index in [-0.39, 0.29) is 24.8 Å². The van der Waals surface area contributed by atoms with Crippen LogP contribution in [-0.4, -0.2) is 0 Å². The zero-order valence-corrected chi connectivity index (χ0v) is 11.6. The molecule has 13 heavy (non-hydrogen) atoms. The van der Waals surface area contributed by atoms with Crippen molar-refractivity contribution in [1.82, 2.24) is 0 Å². The van der Waals surface area contributed by atoms with E-state index in [0.29, 0.717) is 11.3 Å². The summed E-state index contributed by atoms with van der Waals surface area (Å²) >= 11 is 2.21. The van der Waals surface area contributed by atoms with Crippen molar-refractivity contribution >= 4 is 0 Å². The molecule has 0 nitrogen and oxygen atoms in total. The molecule has 0 aromatic carbocycles. The molecule has 0 spiro atoms. The van der Waals surface area contributed by atoms with Crippen molar-refractivity contribution in [1.29, 1.82) is 0 Å². The molecule has 0 saturated carbocycles. The Kier molecular flexibility index (Phi) is 6.99. The van der Waals surface area contributed by atoms with Gasteiger partial charge < -0.3 is 24.8 Å². The fourth-order valence-corrected chi connectivity index (χ4v) is 1.55. The molecule has 0 saturated heterocycles. The SMILES string of the molecule is CC1C=C(C(C)(C)C)C=[C]1[Ti+2].[Cl-].[Cl-]. The van der Waals surface area contributed by atoms with E-state index in [9.17, 15) is 0 Å². The summed E-state index contributed by atoms with van der Waals surface area (Å²) in [6.45, 7) is 9.05. The van der Waals surface area contributed by atoms with Crippen molar-refractivity contribution in [2.24, 2.45) is 11.3 Å². The maximum atomic E-state index is 2.37. The average Bonchev–Trinajstić information content (AvgIpc) is 2.11. The molecule has 0 aliphatic heterocycles. The molecule has 3 heteroatoms. The van der Waals surface area contributed by atoms with Gasteiger partial charge in [0.15, 0.2) is 0 Å². The summed E-state index contributed by atoms with van der Waals surface area (Å²) in [5, 5.41) is 0. The number of halogens is 2. The molecule has 0 N–H and O–H groups in total. The van der Waals surface area contributed by atoms with Gasteiger partial charge in [-0.3, -0.25) is 0 Å². The average molecular weight is 254 g/mol. The van der Waals surface area contributed by atoms with Crippen LogP contribution in [0.1, 0.15) is 27.7 Å². The molecule has 1 unspecified atom stereocenters. The molecule has 0 heterocycles. The number of hydrogen-bond donors (Lipinski definition) is 0. The van der Waals surface area contributed by atoms with Crippen molar-refractivity contribution in [2.45, 2.75) is 27.7 Å². The van der Waals surface area contributed by atoms with Crippen molar-refractivity contribution < 1.29 is 45.2 Å². The second-order valence-corrected chi connectivity index (χ2v) is 5.16. The predicted octanol–water partition coefficient (Wildman–Crippen LogP) is -2.95. The van der Waals surface area contributed by atoms with Gasteiger partial charge in [0.2, 0.25) is 0 Å². The molecule has 0 amide bonds. The van der Waals surface area contributed by atoms with Crippen molar-refractivity contribution in [3.8, 4) is 0 Å². The molecule has 0 aromatic rings. The van der Waals surface area contributed by atoms with Crippen molar-refractivity contribution in [2.75, 3.05) is 0 Å². The Bertz CT molecular complexity index is 224. The van der Waals surface area contributed by atoms with E-state index in [1.165, 1.54) is 9.45 Å². The fraction of sp³-hybridized carbons (Fsp3) is 0.600. The second-order valence-electron chi connectivity index (χ2n) is 4.26. The van der Waals surface area contributed by atoms with Crippen LogP contribution in [0.4, 0.5) is 0 Å². The molecule has 1 aliphatic rings. The van der Waals surface area contributed by atoms with E-state index in [1.807, 2.05) is 0 Å². The first-order valence-electron chi connectivity index (χ1n) is 4.07. The Balaban J connectivity index is 0. The van der Waals surface area contributed by atoms with Crippen LogP contribution >= 0.6 is 0 Å². The van der Waals surface area contributed by atoms with Crippen LogP contribution in [0, 0.1) is 11.3 Å². The normalized spacial score (nSPS) is 21.2. The van der Waals surface area contributed by atoms with Crippen LogP contribution in [0.15, 0.2) is 21.6 Å². The monoisotopic (exact) mass is 253 g/mol. The van der Waals surface area contributed by atoms with Crippen LogP contribution in [-0.2, 0) is 20.4 Å². The Hall–Kier alpha value is 0.774. The summed E-state index contributed by atoms with van der Waals surface area (Å²) in [7, 11) is 0. The van der Waals surface area contributed by atoms with Gasteiger partial charge in [-0.15, -0.1) is 0 Å². The van der Waals surface area contributed by atoms with Gasteiger partial charge in [0.25, 0.3) is 0 Å². The van der Waals surface area contributed by atoms with E-state index in [0.717, 1.165) is 0 Å². The molecule has 0 bridgehead atoms. The first-order chi connectivity index (χ1) is 4.91. The fourth-order valence-electron chi connectivity index (χ4n) is 1.17. The Morgan fingerprint density at radius 2 is 1.69 bits per heavy atom. The second kappa shape index (κ2) is 5.61. The Morgan fingerprint density at radius 1 is 1.23 bits per heavy atom. The summed E-state index contributed by atoms with van der Waals surface area (Å²) in [6, 6.07) is 0. The molecule has 0 radical (unpaired) electrons. The van der Waals surface area contributed by atoms with Gasteiger partial charge in [-0.1, -0.05) is 0 Å². The van der Waals surface area contributed by atoms with Crippen molar-refractivity contribution in [3.63, 3.8) is 0 Å². The first-order valence-corrected chi connectivity index (χ1v) is 4.85. The summed E-state index contributed by atoms with van der Waals surface area (Å²) < 4.78 is 1.50. The van der Waals surface area contributed by atoms with Gasteiger partial charge in [-0.2, -0.15) is 0 Å². The number of hydrogen-bond acceptors (Lipinski definition) is 0. The molecule has 73 valence electrons. The van der Waals surface area contributed by atoms with Crippen molar-refractivity contribution in [3.05, 3.63) is 21.6 Å². The molecule has 0 aromatic heterocycles. The summed E-state index contributed by atoms with van der Waals surface area (Å²) in [6.07, 6.45) is 4.69. The van der Waals surface area contributed by atoms with E-state index in [4.69, 9.17) is 0 Å². The maximum Gasteiger partial charge on any atom is -1.00 e. The van der Waals surface area contributed by atoms with E-state index in [1.54, 1.807) is 0 Å².